The van der Waals surface area contributed by atoms with Crippen LogP contribution in [0.2, 0.25) is 0 Å². The van der Waals surface area contributed by atoms with Crippen LogP contribution in [0.25, 0.3) is 0 Å². The van der Waals surface area contributed by atoms with Crippen LogP contribution in [-0.4, -0.2) is 48.9 Å². The molecule has 1 fully saturated rings. The van der Waals surface area contributed by atoms with Crippen LogP contribution >= 0.6 is 0 Å². The molecule has 3 atom stereocenters. The number of rotatable bonds is 16. The molecule has 0 spiro atoms. The van der Waals surface area contributed by atoms with Gasteiger partial charge >= 0.3 is 5.97 Å². The topological polar surface area (TPSA) is 84.9 Å². The Morgan fingerprint density at radius 2 is 1.48 bits per heavy atom. The molecule has 6 nitrogen and oxygen atoms in total. The number of unbranched alkanes of at least 4 members (excludes halogenated alkanes) is 11. The number of carbonyl (C=O) groups is 2. The highest BCUT2D eigenvalue weighted by Gasteiger charge is 2.36. The van der Waals surface area contributed by atoms with Gasteiger partial charge in [0.25, 0.3) is 5.91 Å². The lowest BCUT2D eigenvalue weighted by molar-refractivity contribution is 0.0332. The molecule has 1 heterocycles. The van der Waals surface area contributed by atoms with Gasteiger partial charge in [0.05, 0.1) is 37.0 Å². The van der Waals surface area contributed by atoms with Crippen molar-refractivity contribution in [3.63, 3.8) is 0 Å². The summed E-state index contributed by atoms with van der Waals surface area (Å²) in [6, 6.07) is 6.03. The van der Waals surface area contributed by atoms with Crippen LogP contribution in [0.5, 0.6) is 0 Å². The number of carbonyl (C=O) groups excluding carboxylic acids is 2. The van der Waals surface area contributed by atoms with Crippen molar-refractivity contribution in [2.75, 3.05) is 13.7 Å². The molecule has 1 aliphatic rings. The van der Waals surface area contributed by atoms with Gasteiger partial charge in [0.15, 0.2) is 0 Å². The quantitative estimate of drug-likeness (QED) is 0.254. The lowest BCUT2D eigenvalue weighted by Crippen LogP contribution is -2.44. The summed E-state index contributed by atoms with van der Waals surface area (Å²) in [5.74, 6) is -0.969. The fraction of sp³-hybridized carbons (Fsp3) is 0.704. The Balaban J connectivity index is 1.60. The highest BCUT2D eigenvalue weighted by atomic mass is 16.5. The largest absolute Gasteiger partial charge is 0.465 e. The van der Waals surface area contributed by atoms with Crippen LogP contribution in [0.1, 0.15) is 111 Å². The minimum Gasteiger partial charge on any atom is -0.465 e. The molecule has 0 saturated carbocycles. The summed E-state index contributed by atoms with van der Waals surface area (Å²) < 4.78 is 10.5. The Labute approximate surface area is 199 Å². The van der Waals surface area contributed by atoms with Crippen molar-refractivity contribution in [3.05, 3.63) is 35.4 Å². The number of ether oxygens (including phenoxy) is 2. The monoisotopic (exact) mass is 461 g/mol. The summed E-state index contributed by atoms with van der Waals surface area (Å²) in [6.07, 6.45) is 15.3. The predicted octanol–water partition coefficient (Wildman–Crippen LogP) is 5.42. The Hall–Kier alpha value is -1.92. The second-order valence-corrected chi connectivity index (χ2v) is 9.16. The van der Waals surface area contributed by atoms with Crippen LogP contribution in [0.15, 0.2) is 24.3 Å². The number of hydrogen-bond donors (Lipinski definition) is 2. The van der Waals surface area contributed by atoms with E-state index in [1.807, 2.05) is 0 Å². The number of aliphatic hydroxyl groups is 1. The minimum atomic E-state index is -0.744. The molecule has 2 N–H and O–H groups in total. The van der Waals surface area contributed by atoms with Crippen molar-refractivity contribution in [1.29, 1.82) is 0 Å². The molecule has 186 valence electrons. The minimum absolute atomic E-state index is 0.207. The molecule has 0 bridgehead atoms. The molecule has 33 heavy (non-hydrogen) atoms. The number of aliphatic hydroxyl groups excluding tert-OH is 1. The maximum Gasteiger partial charge on any atom is 0.338 e. The average Bonchev–Trinajstić information content (AvgIpc) is 3.18. The molecule has 0 aliphatic carbocycles. The molecule has 1 amide bonds. The summed E-state index contributed by atoms with van der Waals surface area (Å²) in [7, 11) is 1.28. The molecule has 1 aromatic rings. The van der Waals surface area contributed by atoms with Crippen LogP contribution in [0.4, 0.5) is 0 Å². The molecular weight excluding hydrogens is 418 g/mol. The Kier molecular flexibility index (Phi) is 13.1. The summed E-state index contributed by atoms with van der Waals surface area (Å²) in [4.78, 5) is 24.6. The van der Waals surface area contributed by atoms with Gasteiger partial charge in [-0.05, 0) is 18.6 Å². The van der Waals surface area contributed by atoms with E-state index < -0.39 is 24.0 Å². The van der Waals surface area contributed by atoms with E-state index in [0.717, 1.165) is 19.3 Å². The van der Waals surface area contributed by atoms with Gasteiger partial charge in [-0.1, -0.05) is 96.1 Å². The highest BCUT2D eigenvalue weighted by molar-refractivity contribution is 6.05. The van der Waals surface area contributed by atoms with Gasteiger partial charge in [-0.3, -0.25) is 4.79 Å². The lowest BCUT2D eigenvalue weighted by atomic mass is 10.0. The fourth-order valence-corrected chi connectivity index (χ4v) is 4.47. The van der Waals surface area contributed by atoms with Crippen LogP contribution in [-0.2, 0) is 9.47 Å². The number of nitrogens with one attached hydrogen (secondary N) is 1. The predicted molar refractivity (Wildman–Crippen MR) is 130 cm³/mol. The van der Waals surface area contributed by atoms with E-state index in [1.54, 1.807) is 24.3 Å². The van der Waals surface area contributed by atoms with E-state index >= 15 is 0 Å². The first-order valence-corrected chi connectivity index (χ1v) is 12.9. The SMILES string of the molecule is CCCCCCCCCCCCCC[C@@H]1OC[C@H](NC(=O)c2ccccc2C(=O)OC)[C@@H]1O. The van der Waals surface area contributed by atoms with Gasteiger partial charge in [-0.15, -0.1) is 0 Å². The van der Waals surface area contributed by atoms with E-state index in [-0.39, 0.29) is 23.8 Å². The third-order valence-electron chi connectivity index (χ3n) is 6.52. The van der Waals surface area contributed by atoms with E-state index in [1.165, 1.54) is 71.3 Å². The number of methoxy groups -OCH3 is 1. The molecule has 6 heteroatoms. The van der Waals surface area contributed by atoms with Crippen molar-refractivity contribution < 1.29 is 24.2 Å². The molecule has 1 aromatic carbocycles. The summed E-state index contributed by atoms with van der Waals surface area (Å²) in [6.45, 7) is 2.53. The van der Waals surface area contributed by atoms with Crippen LogP contribution in [0.3, 0.4) is 0 Å². The van der Waals surface area contributed by atoms with Gasteiger partial charge in [-0.2, -0.15) is 0 Å². The second kappa shape index (κ2) is 15.8. The van der Waals surface area contributed by atoms with Crippen molar-refractivity contribution >= 4 is 11.9 Å². The van der Waals surface area contributed by atoms with Gasteiger partial charge in [-0.25, -0.2) is 4.79 Å². The van der Waals surface area contributed by atoms with Crippen molar-refractivity contribution in [1.82, 2.24) is 5.32 Å². The highest BCUT2D eigenvalue weighted by Crippen LogP contribution is 2.22. The smallest absolute Gasteiger partial charge is 0.338 e. The summed E-state index contributed by atoms with van der Waals surface area (Å²) in [5, 5.41) is 13.4. The lowest BCUT2D eigenvalue weighted by Gasteiger charge is -2.19. The summed E-state index contributed by atoms with van der Waals surface area (Å²) in [5.41, 5.74) is 0.444. The second-order valence-electron chi connectivity index (χ2n) is 9.16. The van der Waals surface area contributed by atoms with Gasteiger partial charge in [0, 0.05) is 0 Å². The first kappa shape index (κ1) is 27.3. The third kappa shape index (κ3) is 9.46. The van der Waals surface area contributed by atoms with Crippen LogP contribution < -0.4 is 5.32 Å². The van der Waals surface area contributed by atoms with Crippen molar-refractivity contribution in [3.8, 4) is 0 Å². The fourth-order valence-electron chi connectivity index (χ4n) is 4.47. The zero-order valence-electron chi connectivity index (χ0n) is 20.5. The molecule has 0 aromatic heterocycles. The van der Waals surface area contributed by atoms with Gasteiger partial charge in [0.2, 0.25) is 0 Å². The normalized spacial score (nSPS) is 20.0. The average molecular weight is 462 g/mol. The molecule has 1 aliphatic heterocycles. The summed E-state index contributed by atoms with van der Waals surface area (Å²) >= 11 is 0. The van der Waals surface area contributed by atoms with Gasteiger partial charge in [0.1, 0.15) is 6.10 Å². The number of amides is 1. The molecule has 2 rings (SSSR count). The Morgan fingerprint density at radius 1 is 0.939 bits per heavy atom. The third-order valence-corrected chi connectivity index (χ3v) is 6.52. The van der Waals surface area contributed by atoms with Crippen molar-refractivity contribution in [2.24, 2.45) is 0 Å². The molecule has 0 unspecified atom stereocenters. The first-order chi connectivity index (χ1) is 16.1. The van der Waals surface area contributed by atoms with Crippen LogP contribution in [0, 0.1) is 0 Å². The molecule has 0 radical (unpaired) electrons. The van der Waals surface area contributed by atoms with E-state index in [9.17, 15) is 14.7 Å². The maximum atomic E-state index is 12.7. The van der Waals surface area contributed by atoms with E-state index in [0.29, 0.717) is 0 Å². The number of esters is 1. The molecular formula is C27H43NO5. The standard InChI is InChI=1S/C27H43NO5/c1-3-4-5-6-7-8-9-10-11-12-13-14-19-24-25(29)23(20-33-24)28-26(30)21-17-15-16-18-22(21)27(31)32-2/h15-18,23-25,29H,3-14,19-20H2,1-2H3,(H,28,30)/t23-,24-,25-/m0/s1. The Bertz CT molecular complexity index is 708. The zero-order chi connectivity index (χ0) is 23.9. The number of benzene rings is 1. The first-order valence-electron chi connectivity index (χ1n) is 12.9. The van der Waals surface area contributed by atoms with E-state index in [4.69, 9.17) is 9.47 Å². The van der Waals surface area contributed by atoms with Crippen molar-refractivity contribution in [2.45, 2.75) is 109 Å². The Morgan fingerprint density at radius 3 is 2.06 bits per heavy atom. The van der Waals surface area contributed by atoms with E-state index in [2.05, 4.69) is 12.2 Å². The van der Waals surface area contributed by atoms with Gasteiger partial charge < -0.3 is 19.9 Å². The molecule has 1 saturated heterocycles. The maximum absolute atomic E-state index is 12.7. The number of hydrogen-bond acceptors (Lipinski definition) is 5. The zero-order valence-corrected chi connectivity index (χ0v) is 20.5.